The summed E-state index contributed by atoms with van der Waals surface area (Å²) < 4.78 is 27.4. The van der Waals surface area contributed by atoms with Gasteiger partial charge in [0.05, 0.1) is 4.91 Å². The fourth-order valence-electron chi connectivity index (χ4n) is 1.27. The highest BCUT2D eigenvalue weighted by Gasteiger charge is 2.50. The number of fused-ring (bicyclic) bond motifs is 1. The molecule has 0 radical (unpaired) electrons. The topological polar surface area (TPSA) is 46.7 Å². The largest absolute Gasteiger partial charge is 0.357 e. The van der Waals surface area contributed by atoms with Gasteiger partial charge in [-0.3, -0.25) is 0 Å². The number of allylic oxidation sites excluding steroid dienone is 1. The van der Waals surface area contributed by atoms with Crippen molar-refractivity contribution in [2.24, 2.45) is 0 Å². The summed E-state index contributed by atoms with van der Waals surface area (Å²) in [5, 5.41) is 0. The molecule has 1 aliphatic carbocycles. The number of hydrogen-bond donors (Lipinski definition) is 0. The van der Waals surface area contributed by atoms with E-state index in [9.17, 15) is 8.42 Å². The second kappa shape index (κ2) is 2.00. The molecule has 1 saturated heterocycles. The van der Waals surface area contributed by atoms with Crippen LogP contribution in [0, 0.1) is 0 Å². The van der Waals surface area contributed by atoms with Gasteiger partial charge in [-0.15, -0.1) is 0 Å². The first-order valence-corrected chi connectivity index (χ1v) is 5.60. The molecule has 0 saturated carbocycles. The second-order valence-corrected chi connectivity index (χ2v) is 5.41. The summed E-state index contributed by atoms with van der Waals surface area (Å²) in [7, 11) is -3.06. The van der Waals surface area contributed by atoms with E-state index in [0.717, 1.165) is 0 Å². The summed E-state index contributed by atoms with van der Waals surface area (Å²) in [6, 6.07) is 0. The minimum Gasteiger partial charge on any atom is -0.357 e. The molecule has 2 aliphatic rings. The number of hydrogen-bond acceptors (Lipinski definition) is 3. The van der Waals surface area contributed by atoms with Gasteiger partial charge in [-0.1, -0.05) is 0 Å². The maximum absolute atomic E-state index is 11.1. The lowest BCUT2D eigenvalue weighted by Crippen LogP contribution is -2.11. The third-order valence-corrected chi connectivity index (χ3v) is 3.34. The first-order chi connectivity index (χ1) is 5.42. The van der Waals surface area contributed by atoms with Crippen LogP contribution in [0.4, 0.5) is 0 Å². The van der Waals surface area contributed by atoms with E-state index < -0.39 is 9.84 Å². The monoisotopic (exact) mass is 186 g/mol. The Bertz CT molecular complexity index is 377. The molecule has 3 nitrogen and oxygen atoms in total. The van der Waals surface area contributed by atoms with Gasteiger partial charge in [-0.2, -0.15) is 0 Å². The normalized spacial score (nSPS) is 38.8. The highest BCUT2D eigenvalue weighted by molar-refractivity contribution is 7.94. The maximum atomic E-state index is 11.1. The highest BCUT2D eigenvalue weighted by atomic mass is 32.2. The minimum atomic E-state index is -3.06. The fourth-order valence-corrected chi connectivity index (χ4v) is 1.96. The zero-order valence-corrected chi connectivity index (χ0v) is 7.76. The first kappa shape index (κ1) is 8.01. The predicted octanol–water partition coefficient (Wildman–Crippen LogP) is 0.642. The van der Waals surface area contributed by atoms with E-state index >= 15 is 0 Å². The number of rotatable bonds is 1. The fraction of sp³-hybridized carbons (Fsp3) is 0.500. The van der Waals surface area contributed by atoms with Crippen LogP contribution in [0.3, 0.4) is 0 Å². The first-order valence-electron chi connectivity index (χ1n) is 3.71. The molecule has 2 rings (SSSR count). The van der Waals surface area contributed by atoms with Crippen molar-refractivity contribution in [3.05, 3.63) is 23.1 Å². The van der Waals surface area contributed by atoms with E-state index in [4.69, 9.17) is 4.74 Å². The van der Waals surface area contributed by atoms with Crippen LogP contribution in [-0.4, -0.2) is 26.4 Å². The molecule has 0 N–H and O–H groups in total. The highest BCUT2D eigenvalue weighted by Crippen LogP contribution is 2.42. The Balaban J connectivity index is 2.36. The van der Waals surface area contributed by atoms with Gasteiger partial charge >= 0.3 is 0 Å². The molecule has 1 aliphatic heterocycles. The minimum absolute atomic E-state index is 0.0350. The van der Waals surface area contributed by atoms with E-state index in [0.29, 0.717) is 4.91 Å². The molecule has 1 fully saturated rings. The van der Waals surface area contributed by atoms with E-state index in [1.807, 2.05) is 6.92 Å². The molecule has 4 heteroatoms. The average molecular weight is 186 g/mol. The van der Waals surface area contributed by atoms with Crippen LogP contribution in [-0.2, 0) is 14.6 Å². The van der Waals surface area contributed by atoms with Crippen LogP contribution in [0.1, 0.15) is 6.92 Å². The van der Waals surface area contributed by atoms with Gasteiger partial charge in [-0.05, 0) is 25.2 Å². The predicted molar refractivity (Wildman–Crippen MR) is 45.3 cm³/mol. The third kappa shape index (κ3) is 1.11. The molecular weight excluding hydrogens is 176 g/mol. The molecule has 1 heterocycles. The molecule has 0 amide bonds. The molecule has 2 atom stereocenters. The van der Waals surface area contributed by atoms with Crippen LogP contribution in [0.15, 0.2) is 23.1 Å². The van der Waals surface area contributed by atoms with Gasteiger partial charge in [0.25, 0.3) is 0 Å². The molecule has 0 bridgehead atoms. The molecule has 12 heavy (non-hydrogen) atoms. The van der Waals surface area contributed by atoms with Crippen molar-refractivity contribution in [3.8, 4) is 0 Å². The maximum Gasteiger partial charge on any atom is 0.175 e. The molecule has 0 aromatic heterocycles. The molecule has 0 aromatic carbocycles. The van der Waals surface area contributed by atoms with Gasteiger partial charge in [0, 0.05) is 6.26 Å². The van der Waals surface area contributed by atoms with Gasteiger partial charge in [0.1, 0.15) is 11.7 Å². The zero-order chi connectivity index (χ0) is 8.98. The zero-order valence-electron chi connectivity index (χ0n) is 6.94. The number of ether oxygens (including phenoxy) is 1. The van der Waals surface area contributed by atoms with E-state index in [1.54, 1.807) is 18.2 Å². The third-order valence-electron chi connectivity index (χ3n) is 2.21. The Kier molecular flexibility index (Phi) is 1.34. The van der Waals surface area contributed by atoms with Gasteiger partial charge < -0.3 is 4.74 Å². The Morgan fingerprint density at radius 1 is 1.58 bits per heavy atom. The number of sulfone groups is 1. The Morgan fingerprint density at radius 3 is 2.75 bits per heavy atom. The number of epoxide rings is 1. The lowest BCUT2D eigenvalue weighted by atomic mass is 10.0. The van der Waals surface area contributed by atoms with E-state index in [2.05, 4.69) is 0 Å². The lowest BCUT2D eigenvalue weighted by molar-refractivity contribution is 0.357. The summed E-state index contributed by atoms with van der Waals surface area (Å²) in [6.45, 7) is 1.93. The molecular formula is C8H10O3S. The second-order valence-electron chi connectivity index (χ2n) is 3.40. The molecule has 66 valence electrons. The average Bonchev–Trinajstić information content (AvgIpc) is 2.56. The summed E-state index contributed by atoms with van der Waals surface area (Å²) in [5.41, 5.74) is -0.228. The summed E-state index contributed by atoms with van der Waals surface area (Å²) in [6.07, 6.45) is 6.24. The summed E-state index contributed by atoms with van der Waals surface area (Å²) in [5.74, 6) is 0. The van der Waals surface area contributed by atoms with Crippen molar-refractivity contribution >= 4 is 9.84 Å². The van der Waals surface area contributed by atoms with Crippen molar-refractivity contribution in [1.82, 2.24) is 0 Å². The Morgan fingerprint density at radius 2 is 2.25 bits per heavy atom. The van der Waals surface area contributed by atoms with Crippen LogP contribution in [0.2, 0.25) is 0 Å². The van der Waals surface area contributed by atoms with Crippen LogP contribution < -0.4 is 0 Å². The SMILES string of the molecule is CC12C=CC(S(C)(=O)=O)=CC1O2. The smallest absolute Gasteiger partial charge is 0.175 e. The Hall–Kier alpha value is -0.610. The van der Waals surface area contributed by atoms with Gasteiger partial charge in [0.15, 0.2) is 9.84 Å². The summed E-state index contributed by atoms with van der Waals surface area (Å²) >= 11 is 0. The van der Waals surface area contributed by atoms with Crippen molar-refractivity contribution in [2.75, 3.05) is 6.26 Å². The Labute approximate surface area is 71.6 Å². The molecule has 2 unspecified atom stereocenters. The lowest BCUT2D eigenvalue weighted by Gasteiger charge is -2.04. The van der Waals surface area contributed by atoms with Crippen molar-refractivity contribution < 1.29 is 13.2 Å². The van der Waals surface area contributed by atoms with Crippen LogP contribution in [0.5, 0.6) is 0 Å². The summed E-state index contributed by atoms with van der Waals surface area (Å²) in [4.78, 5) is 0.363. The van der Waals surface area contributed by atoms with Gasteiger partial charge in [0.2, 0.25) is 0 Å². The van der Waals surface area contributed by atoms with Crippen LogP contribution >= 0.6 is 0 Å². The van der Waals surface area contributed by atoms with Crippen LogP contribution in [0.25, 0.3) is 0 Å². The van der Waals surface area contributed by atoms with Crippen molar-refractivity contribution in [2.45, 2.75) is 18.6 Å². The van der Waals surface area contributed by atoms with Crippen molar-refractivity contribution in [3.63, 3.8) is 0 Å². The van der Waals surface area contributed by atoms with Crippen molar-refractivity contribution in [1.29, 1.82) is 0 Å². The van der Waals surface area contributed by atoms with Gasteiger partial charge in [-0.25, -0.2) is 8.42 Å². The molecule has 0 spiro atoms. The van der Waals surface area contributed by atoms with E-state index in [-0.39, 0.29) is 11.7 Å². The standard InChI is InChI=1S/C8H10O3S/c1-8-4-3-6(12(2,9)10)5-7(8)11-8/h3-5,7H,1-2H3. The molecule has 0 aromatic rings. The quantitative estimate of drug-likeness (QED) is 0.565. The van der Waals surface area contributed by atoms with E-state index in [1.165, 1.54) is 6.26 Å².